The van der Waals surface area contributed by atoms with Gasteiger partial charge in [-0.25, -0.2) is 14.6 Å². The summed E-state index contributed by atoms with van der Waals surface area (Å²) in [7, 11) is 0. The zero-order valence-electron chi connectivity index (χ0n) is 16.4. The highest BCUT2D eigenvalue weighted by molar-refractivity contribution is 8.00. The quantitative estimate of drug-likeness (QED) is 0.336. The maximum Gasteiger partial charge on any atom is 0.234 e. The third kappa shape index (κ3) is 4.84. The molecule has 0 aliphatic rings. The summed E-state index contributed by atoms with van der Waals surface area (Å²) in [4.78, 5) is 32.3. The molecule has 2 aromatic heterocycles. The molecule has 0 unspecified atom stereocenters. The van der Waals surface area contributed by atoms with Crippen LogP contribution >= 0.6 is 23.4 Å². The summed E-state index contributed by atoms with van der Waals surface area (Å²) >= 11 is 7.57. The first kappa shape index (κ1) is 20.8. The van der Waals surface area contributed by atoms with Crippen LogP contribution in [0.5, 0.6) is 0 Å². The van der Waals surface area contributed by atoms with Crippen LogP contribution in [0, 0.1) is 0 Å². The van der Waals surface area contributed by atoms with Gasteiger partial charge in [-0.2, -0.15) is 5.10 Å². The van der Waals surface area contributed by atoms with Gasteiger partial charge >= 0.3 is 0 Å². The van der Waals surface area contributed by atoms with E-state index in [0.717, 1.165) is 5.39 Å². The number of fused-ring (bicyclic) bond motifs is 1. The van der Waals surface area contributed by atoms with E-state index in [1.54, 1.807) is 41.2 Å². The molecule has 31 heavy (non-hydrogen) atoms. The molecule has 156 valence electrons. The molecule has 0 saturated heterocycles. The van der Waals surface area contributed by atoms with Gasteiger partial charge in [0.1, 0.15) is 11.4 Å². The Hall–Kier alpha value is -3.43. The summed E-state index contributed by atoms with van der Waals surface area (Å²) in [6, 6.07) is 14.3. The van der Waals surface area contributed by atoms with Crippen LogP contribution in [0.15, 0.2) is 66.1 Å². The van der Waals surface area contributed by atoms with Crippen molar-refractivity contribution >= 4 is 57.6 Å². The number of nitrogens with one attached hydrogen (secondary N) is 2. The molecule has 8 nitrogen and oxygen atoms in total. The molecule has 4 aromatic rings. The predicted octanol–water partition coefficient (Wildman–Crippen LogP) is 4.16. The number of rotatable bonds is 6. The van der Waals surface area contributed by atoms with Crippen LogP contribution in [0.25, 0.3) is 16.7 Å². The standard InChI is InChI=1S/C21H17ClN6O2S/c1-13(29)26-14-5-4-6-15(9-14)27-19(30)11-31-21-16-10-25-28(20(16)23-12-24-21)18-8-3-2-7-17(18)22/h2-10,12H,11H2,1H3,(H,26,29)(H,27,30). The number of nitrogens with zero attached hydrogens (tertiary/aromatic N) is 4. The molecule has 0 saturated carbocycles. The number of hydrogen-bond acceptors (Lipinski definition) is 6. The molecule has 0 aliphatic carbocycles. The van der Waals surface area contributed by atoms with Crippen LogP contribution in [0.2, 0.25) is 5.02 Å². The minimum absolute atomic E-state index is 0.147. The fourth-order valence-corrected chi connectivity index (χ4v) is 3.92. The lowest BCUT2D eigenvalue weighted by Gasteiger charge is -2.08. The van der Waals surface area contributed by atoms with E-state index < -0.39 is 0 Å². The van der Waals surface area contributed by atoms with E-state index in [1.165, 1.54) is 25.0 Å². The summed E-state index contributed by atoms with van der Waals surface area (Å²) < 4.78 is 1.65. The summed E-state index contributed by atoms with van der Waals surface area (Å²) in [6.45, 7) is 1.43. The summed E-state index contributed by atoms with van der Waals surface area (Å²) in [6.07, 6.45) is 3.10. The van der Waals surface area contributed by atoms with Gasteiger partial charge in [-0.05, 0) is 30.3 Å². The van der Waals surface area contributed by atoms with Crippen LogP contribution in [-0.2, 0) is 9.59 Å². The molecule has 0 atom stereocenters. The van der Waals surface area contributed by atoms with Gasteiger partial charge in [0.25, 0.3) is 0 Å². The van der Waals surface area contributed by atoms with Crippen molar-refractivity contribution in [3.63, 3.8) is 0 Å². The predicted molar refractivity (Wildman–Crippen MR) is 122 cm³/mol. The molecular weight excluding hydrogens is 436 g/mol. The van der Waals surface area contributed by atoms with Crippen molar-refractivity contribution in [3.05, 3.63) is 66.1 Å². The molecule has 2 aromatic carbocycles. The van der Waals surface area contributed by atoms with Gasteiger partial charge in [-0.3, -0.25) is 9.59 Å². The number of carbonyl (C=O) groups is 2. The van der Waals surface area contributed by atoms with Crippen LogP contribution in [0.3, 0.4) is 0 Å². The number of carbonyl (C=O) groups excluding carboxylic acids is 2. The van der Waals surface area contributed by atoms with E-state index in [4.69, 9.17) is 11.6 Å². The number of amides is 2. The number of anilines is 2. The molecule has 0 aliphatic heterocycles. The van der Waals surface area contributed by atoms with Crippen LogP contribution in [0.4, 0.5) is 11.4 Å². The SMILES string of the molecule is CC(=O)Nc1cccc(NC(=O)CSc2ncnc3c2cnn3-c2ccccc2Cl)c1. The van der Waals surface area contributed by atoms with Crippen LogP contribution in [-0.4, -0.2) is 37.3 Å². The number of hydrogen-bond donors (Lipinski definition) is 2. The first-order valence-corrected chi connectivity index (χ1v) is 10.6. The van der Waals surface area contributed by atoms with Gasteiger partial charge in [-0.15, -0.1) is 0 Å². The fraction of sp³-hybridized carbons (Fsp3) is 0.0952. The van der Waals surface area contributed by atoms with E-state index in [9.17, 15) is 9.59 Å². The number of halogens is 1. The second kappa shape index (κ2) is 9.15. The minimum Gasteiger partial charge on any atom is -0.326 e. The van der Waals surface area contributed by atoms with Crippen molar-refractivity contribution in [3.8, 4) is 5.69 Å². The first-order chi connectivity index (χ1) is 15.0. The Kier molecular flexibility index (Phi) is 6.15. The van der Waals surface area contributed by atoms with Gasteiger partial charge < -0.3 is 10.6 Å². The second-order valence-corrected chi connectivity index (χ2v) is 7.89. The molecule has 2 heterocycles. The maximum atomic E-state index is 12.4. The summed E-state index contributed by atoms with van der Waals surface area (Å²) in [5.41, 5.74) is 2.53. The highest BCUT2D eigenvalue weighted by Gasteiger charge is 2.14. The van der Waals surface area contributed by atoms with Gasteiger partial charge in [0.15, 0.2) is 5.65 Å². The number of aromatic nitrogens is 4. The highest BCUT2D eigenvalue weighted by atomic mass is 35.5. The molecule has 0 spiro atoms. The van der Waals surface area contributed by atoms with Crippen molar-refractivity contribution in [2.75, 3.05) is 16.4 Å². The number of benzene rings is 2. The lowest BCUT2D eigenvalue weighted by atomic mass is 10.2. The number of thioether (sulfide) groups is 1. The average molecular weight is 453 g/mol. The Morgan fingerprint density at radius 1 is 1.06 bits per heavy atom. The Morgan fingerprint density at radius 2 is 1.84 bits per heavy atom. The lowest BCUT2D eigenvalue weighted by Crippen LogP contribution is -2.14. The second-order valence-electron chi connectivity index (χ2n) is 6.52. The fourth-order valence-electron chi connectivity index (χ4n) is 2.95. The van der Waals surface area contributed by atoms with Crippen molar-refractivity contribution in [2.24, 2.45) is 0 Å². The van der Waals surface area contributed by atoms with Crippen molar-refractivity contribution in [1.82, 2.24) is 19.7 Å². The molecule has 0 radical (unpaired) electrons. The maximum absolute atomic E-state index is 12.4. The number of para-hydroxylation sites is 1. The Labute approximate surface area is 187 Å². The van der Waals surface area contributed by atoms with E-state index >= 15 is 0 Å². The average Bonchev–Trinajstić information content (AvgIpc) is 3.17. The van der Waals surface area contributed by atoms with E-state index in [0.29, 0.717) is 32.8 Å². The molecule has 0 bridgehead atoms. The Bertz CT molecular complexity index is 1280. The van der Waals surface area contributed by atoms with E-state index in [-0.39, 0.29) is 17.6 Å². The summed E-state index contributed by atoms with van der Waals surface area (Å²) in [5.74, 6) is -0.229. The van der Waals surface area contributed by atoms with Crippen molar-refractivity contribution in [2.45, 2.75) is 11.9 Å². The highest BCUT2D eigenvalue weighted by Crippen LogP contribution is 2.28. The van der Waals surface area contributed by atoms with E-state index in [2.05, 4.69) is 25.7 Å². The van der Waals surface area contributed by atoms with Gasteiger partial charge in [0.05, 0.1) is 28.0 Å². The van der Waals surface area contributed by atoms with Gasteiger partial charge in [0.2, 0.25) is 11.8 Å². The molecular formula is C21H17ClN6O2S. The van der Waals surface area contributed by atoms with Gasteiger partial charge in [-0.1, -0.05) is 41.6 Å². The zero-order chi connectivity index (χ0) is 21.8. The lowest BCUT2D eigenvalue weighted by molar-refractivity contribution is -0.114. The van der Waals surface area contributed by atoms with Crippen molar-refractivity contribution in [1.29, 1.82) is 0 Å². The topological polar surface area (TPSA) is 102 Å². The van der Waals surface area contributed by atoms with Gasteiger partial charge in [0, 0.05) is 18.3 Å². The first-order valence-electron chi connectivity index (χ1n) is 9.25. The third-order valence-electron chi connectivity index (χ3n) is 4.22. The molecule has 2 amide bonds. The minimum atomic E-state index is -0.199. The molecule has 2 N–H and O–H groups in total. The molecule has 10 heteroatoms. The summed E-state index contributed by atoms with van der Waals surface area (Å²) in [5, 5.41) is 11.8. The smallest absolute Gasteiger partial charge is 0.234 e. The molecule has 4 rings (SSSR count). The zero-order valence-corrected chi connectivity index (χ0v) is 17.9. The normalized spacial score (nSPS) is 10.8. The monoisotopic (exact) mass is 452 g/mol. The largest absolute Gasteiger partial charge is 0.326 e. The van der Waals surface area contributed by atoms with Crippen LogP contribution < -0.4 is 10.6 Å². The Morgan fingerprint density at radius 3 is 2.61 bits per heavy atom. The van der Waals surface area contributed by atoms with Crippen LogP contribution in [0.1, 0.15) is 6.92 Å². The van der Waals surface area contributed by atoms with Crippen molar-refractivity contribution < 1.29 is 9.59 Å². The third-order valence-corrected chi connectivity index (χ3v) is 5.54. The Balaban J connectivity index is 1.48. The van der Waals surface area contributed by atoms with E-state index in [1.807, 2.05) is 18.2 Å². The molecule has 0 fully saturated rings.